The molecule has 2 atom stereocenters. The lowest BCUT2D eigenvalue weighted by molar-refractivity contribution is -0.870. The lowest BCUT2D eigenvalue weighted by Crippen LogP contribution is -2.44. The number of hydrogen-bond donors (Lipinski definition) is 0. The molecule has 9 heteroatoms. The fourth-order valence-corrected chi connectivity index (χ4v) is 10.0. The number of rotatable bonds is 68. The van der Waals surface area contributed by atoms with Gasteiger partial charge in [-0.25, -0.2) is 0 Å². The molecule has 0 radical (unpaired) electrons. The van der Waals surface area contributed by atoms with E-state index in [4.69, 9.17) is 18.9 Å². The number of hydrogen-bond acceptors (Lipinski definition) is 8. The molecule has 93 heavy (non-hydrogen) atoms. The maximum atomic E-state index is 13.0. The average Bonchev–Trinajstić information content (AvgIpc) is 3.38. The molecule has 2 unspecified atom stereocenters. The summed E-state index contributed by atoms with van der Waals surface area (Å²) in [6.07, 6.45) is 105. The molecule has 0 saturated carbocycles. The second-order valence-electron chi connectivity index (χ2n) is 25.9. The predicted molar refractivity (Wildman–Crippen MR) is 398 cm³/mol. The van der Waals surface area contributed by atoms with Crippen LogP contribution in [0.15, 0.2) is 158 Å². The van der Waals surface area contributed by atoms with Gasteiger partial charge >= 0.3 is 11.9 Å². The highest BCUT2D eigenvalue weighted by atomic mass is 16.7. The molecule has 0 heterocycles. The van der Waals surface area contributed by atoms with E-state index in [1.54, 1.807) is 0 Å². The van der Waals surface area contributed by atoms with Gasteiger partial charge in [-0.3, -0.25) is 9.59 Å². The predicted octanol–water partition coefficient (Wildman–Crippen LogP) is 22.7. The van der Waals surface area contributed by atoms with E-state index in [-0.39, 0.29) is 38.6 Å². The Morgan fingerprint density at radius 1 is 0.333 bits per heavy atom. The van der Waals surface area contributed by atoms with Crippen LogP contribution in [0.5, 0.6) is 0 Å². The minimum atomic E-state index is -1.63. The van der Waals surface area contributed by atoms with E-state index >= 15 is 0 Å². The third kappa shape index (κ3) is 74.2. The Balaban J connectivity index is 4.16. The quantitative estimate of drug-likeness (QED) is 0.0195. The van der Waals surface area contributed by atoms with Gasteiger partial charge in [0, 0.05) is 12.8 Å². The molecule has 528 valence electrons. The van der Waals surface area contributed by atoms with Gasteiger partial charge in [0.1, 0.15) is 13.2 Å². The zero-order valence-electron chi connectivity index (χ0n) is 60.3. The van der Waals surface area contributed by atoms with E-state index < -0.39 is 24.3 Å². The van der Waals surface area contributed by atoms with Crippen molar-refractivity contribution in [3.63, 3.8) is 0 Å². The highest BCUT2D eigenvalue weighted by molar-refractivity contribution is 5.70. The van der Waals surface area contributed by atoms with Crippen LogP contribution in [0.3, 0.4) is 0 Å². The maximum Gasteiger partial charge on any atom is 0.306 e. The van der Waals surface area contributed by atoms with E-state index in [1.165, 1.54) is 141 Å². The van der Waals surface area contributed by atoms with Crippen molar-refractivity contribution < 1.29 is 42.9 Å². The van der Waals surface area contributed by atoms with E-state index in [9.17, 15) is 19.5 Å². The van der Waals surface area contributed by atoms with Crippen LogP contribution < -0.4 is 5.11 Å². The molecular formula is C84H139NO8. The smallest absolute Gasteiger partial charge is 0.306 e. The number of carbonyl (C=O) groups is 3. The number of carboxylic acid groups (broad SMARTS) is 1. The van der Waals surface area contributed by atoms with Crippen LogP contribution in [0.1, 0.15) is 296 Å². The molecule has 0 N–H and O–H groups in total. The number of allylic oxidation sites excluding steroid dienone is 26. The Bertz CT molecular complexity index is 2090. The van der Waals surface area contributed by atoms with Crippen molar-refractivity contribution in [2.24, 2.45) is 0 Å². The number of ether oxygens (including phenoxy) is 4. The summed E-state index contributed by atoms with van der Waals surface area (Å²) in [5.41, 5.74) is 0. The van der Waals surface area contributed by atoms with E-state index in [0.29, 0.717) is 17.4 Å². The number of quaternary nitrogens is 1. The highest BCUT2D eigenvalue weighted by Gasteiger charge is 2.22. The Kier molecular flexibility index (Phi) is 68.8. The van der Waals surface area contributed by atoms with E-state index in [0.717, 1.165) is 122 Å². The van der Waals surface area contributed by atoms with Crippen molar-refractivity contribution >= 4 is 17.9 Å². The molecule has 0 aliphatic rings. The summed E-state index contributed by atoms with van der Waals surface area (Å²) in [7, 11) is 5.92. The second-order valence-corrected chi connectivity index (χ2v) is 25.9. The first-order chi connectivity index (χ1) is 45.6. The Hall–Kier alpha value is -5.09. The first kappa shape index (κ1) is 87.9. The molecule has 0 aliphatic carbocycles. The summed E-state index contributed by atoms with van der Waals surface area (Å²) < 4.78 is 22.8. The second kappa shape index (κ2) is 72.7. The first-order valence-corrected chi connectivity index (χ1v) is 37.6. The number of carbonyl (C=O) groups excluding carboxylic acids is 3. The maximum absolute atomic E-state index is 13.0. The average molecular weight is 1290 g/mol. The molecule has 0 rings (SSSR count). The van der Waals surface area contributed by atoms with Crippen molar-refractivity contribution in [3.05, 3.63) is 158 Å². The van der Waals surface area contributed by atoms with Gasteiger partial charge in [0.25, 0.3) is 0 Å². The molecule has 0 aromatic heterocycles. The van der Waals surface area contributed by atoms with Crippen molar-refractivity contribution in [2.75, 3.05) is 47.5 Å². The van der Waals surface area contributed by atoms with Gasteiger partial charge in [-0.2, -0.15) is 0 Å². The summed E-state index contributed by atoms with van der Waals surface area (Å²) >= 11 is 0. The fraction of sp³-hybridized carbons (Fsp3) is 0.655. The third-order valence-electron chi connectivity index (χ3n) is 15.8. The summed E-state index contributed by atoms with van der Waals surface area (Å²) in [5.74, 6) is -2.30. The first-order valence-electron chi connectivity index (χ1n) is 37.6. The van der Waals surface area contributed by atoms with Crippen LogP contribution in [0.4, 0.5) is 0 Å². The van der Waals surface area contributed by atoms with Crippen molar-refractivity contribution in [3.8, 4) is 0 Å². The lowest BCUT2D eigenvalue weighted by atomic mass is 10.0. The fourth-order valence-electron chi connectivity index (χ4n) is 10.0. The molecule has 0 amide bonds. The minimum absolute atomic E-state index is 0.139. The SMILES string of the molecule is CC/C=C\C/C=C\C/C=C\C/C=C\C/C=C\C/C=C\C/C=C\C/C=C\C/C=C\C/C=C\C/C=C\CCCCCCCCCC(=O)OC(COC(=O)CCCCCCCCCCCCCCCCC/C=C\C/C=C\CCCCCCC)COC(OCC[N+](C)(C)C)C(=O)[O-]. The summed E-state index contributed by atoms with van der Waals surface area (Å²) in [5, 5.41) is 11.8. The molecule has 9 nitrogen and oxygen atoms in total. The number of esters is 2. The van der Waals surface area contributed by atoms with Gasteiger partial charge in [0.05, 0.1) is 40.3 Å². The van der Waals surface area contributed by atoms with Crippen molar-refractivity contribution in [1.82, 2.24) is 0 Å². The number of nitrogens with zero attached hydrogens (tertiary/aromatic N) is 1. The standard InChI is InChI=1S/C84H139NO8/c1-6-8-10-12-14-16-18-20-22-24-26-28-30-32-34-35-36-37-38-39-40-41-42-43-44-45-46-47-49-51-53-55-57-59-61-63-65-67-69-71-73-75-82(87)93-80(79-92-84(83(88)89)90-77-76-85(3,4)5)78-91-81(86)74-72-70-68-66-64-62-60-58-56-54-52-50-48-33-31-29-27-25-23-21-19-17-15-13-11-9-7-2/h8,10,14,16,19-22,25-28,32,34,36-37,39-40,42-43,45-46,49,51,55,57,80,84H,6-7,9,11-13,15,17-18,23-24,29-31,33,35,38,41,44,47-48,50,52-54,56,58-79H2,1-5H3/b10-8-,16-14-,21-19-,22-20-,27-25-,28-26-,34-32-,37-36-,40-39-,43-42-,46-45-,51-49-,57-55-. The summed E-state index contributed by atoms with van der Waals surface area (Å²) in [6.45, 7) is 4.62. The molecule has 0 aromatic carbocycles. The number of aliphatic carboxylic acids is 1. The minimum Gasteiger partial charge on any atom is -0.545 e. The largest absolute Gasteiger partial charge is 0.545 e. The van der Waals surface area contributed by atoms with Crippen LogP contribution in [0, 0.1) is 0 Å². The topological polar surface area (TPSA) is 111 Å². The van der Waals surface area contributed by atoms with Crippen LogP contribution in [0.25, 0.3) is 0 Å². The molecule has 0 aliphatic heterocycles. The molecule has 0 saturated heterocycles. The van der Waals surface area contributed by atoms with Crippen LogP contribution in [-0.2, 0) is 33.3 Å². The highest BCUT2D eigenvalue weighted by Crippen LogP contribution is 2.17. The van der Waals surface area contributed by atoms with Gasteiger partial charge in [0.2, 0.25) is 0 Å². The Morgan fingerprint density at radius 2 is 0.613 bits per heavy atom. The van der Waals surface area contributed by atoms with Gasteiger partial charge in [0.15, 0.2) is 12.4 Å². The monoisotopic (exact) mass is 1290 g/mol. The van der Waals surface area contributed by atoms with Crippen molar-refractivity contribution in [1.29, 1.82) is 0 Å². The summed E-state index contributed by atoms with van der Waals surface area (Å²) in [4.78, 5) is 37.5. The molecule has 0 aromatic rings. The van der Waals surface area contributed by atoms with Crippen LogP contribution in [-0.4, -0.2) is 82.3 Å². The molecular weight excluding hydrogens is 1150 g/mol. The van der Waals surface area contributed by atoms with Crippen molar-refractivity contribution in [2.45, 2.75) is 309 Å². The summed E-state index contributed by atoms with van der Waals surface area (Å²) in [6, 6.07) is 0. The zero-order valence-corrected chi connectivity index (χ0v) is 60.3. The normalized spacial score (nSPS) is 13.6. The number of carboxylic acids is 1. The van der Waals surface area contributed by atoms with Gasteiger partial charge < -0.3 is 33.3 Å². The van der Waals surface area contributed by atoms with E-state index in [1.807, 2.05) is 21.1 Å². The van der Waals surface area contributed by atoms with Crippen LogP contribution in [0.2, 0.25) is 0 Å². The third-order valence-corrected chi connectivity index (χ3v) is 15.8. The zero-order chi connectivity index (χ0) is 67.5. The van der Waals surface area contributed by atoms with Gasteiger partial charge in [-0.15, -0.1) is 0 Å². The number of unbranched alkanes of at least 4 members (excludes halogenated alkanes) is 27. The van der Waals surface area contributed by atoms with Gasteiger partial charge in [-0.05, 0) is 128 Å². The van der Waals surface area contributed by atoms with E-state index in [2.05, 4.69) is 172 Å². The lowest BCUT2D eigenvalue weighted by Gasteiger charge is -2.26. The molecule has 0 fully saturated rings. The van der Waals surface area contributed by atoms with Crippen LogP contribution >= 0.6 is 0 Å². The van der Waals surface area contributed by atoms with Gasteiger partial charge in [-0.1, -0.05) is 313 Å². The number of likely N-dealkylation sites (N-methyl/N-ethyl adjacent to an activating group) is 1. The molecule has 0 bridgehead atoms. The Morgan fingerprint density at radius 3 is 0.914 bits per heavy atom. The Labute approximate surface area is 572 Å². The molecule has 0 spiro atoms.